The number of benzene rings is 1. The van der Waals surface area contributed by atoms with Gasteiger partial charge in [-0.25, -0.2) is 0 Å². The van der Waals surface area contributed by atoms with Crippen molar-refractivity contribution in [1.82, 2.24) is 0 Å². The van der Waals surface area contributed by atoms with E-state index >= 15 is 0 Å². The third kappa shape index (κ3) is 5.48. The molecule has 0 radical (unpaired) electrons. The largest absolute Gasteiger partial charge is 0.497 e. The van der Waals surface area contributed by atoms with Gasteiger partial charge in [-0.1, -0.05) is 13.3 Å². The Hall–Kier alpha value is -1.75. The number of hydrogen-bond donors (Lipinski definition) is 2. The fraction of sp³-hybridized carbons (Fsp3) is 0.533. The summed E-state index contributed by atoms with van der Waals surface area (Å²) in [6.07, 6.45) is 3.12. The number of methoxy groups -OCH3 is 1. The summed E-state index contributed by atoms with van der Waals surface area (Å²) in [7, 11) is 1.59. The van der Waals surface area contributed by atoms with Crippen LogP contribution < -0.4 is 20.5 Å². The molecule has 0 bridgehead atoms. The number of carbonyl (C=O) groups is 1. The van der Waals surface area contributed by atoms with E-state index in [9.17, 15) is 4.79 Å². The van der Waals surface area contributed by atoms with Crippen LogP contribution in [0.25, 0.3) is 0 Å². The van der Waals surface area contributed by atoms with Crippen molar-refractivity contribution < 1.29 is 14.3 Å². The van der Waals surface area contributed by atoms with E-state index < -0.39 is 0 Å². The van der Waals surface area contributed by atoms with E-state index in [0.29, 0.717) is 43.2 Å². The predicted octanol–water partition coefficient (Wildman–Crippen LogP) is 2.55. The maximum absolute atomic E-state index is 11.8. The van der Waals surface area contributed by atoms with E-state index in [0.717, 1.165) is 12.8 Å². The van der Waals surface area contributed by atoms with E-state index in [1.807, 2.05) is 12.1 Å². The maximum Gasteiger partial charge on any atom is 0.224 e. The molecule has 3 N–H and O–H groups in total. The predicted molar refractivity (Wildman–Crippen MR) is 80.3 cm³/mol. The van der Waals surface area contributed by atoms with Gasteiger partial charge in [0.15, 0.2) is 0 Å². The van der Waals surface area contributed by atoms with Crippen molar-refractivity contribution in [3.05, 3.63) is 18.2 Å². The molecule has 0 spiro atoms. The monoisotopic (exact) mass is 280 g/mol. The number of nitrogens with one attached hydrogen (secondary N) is 1. The SMILES string of the molecule is CCCCOc1ccc(OC)cc1NC(=O)CCCN. The zero-order valence-electron chi connectivity index (χ0n) is 12.3. The Labute approximate surface area is 120 Å². The molecule has 112 valence electrons. The minimum atomic E-state index is -0.0657. The topological polar surface area (TPSA) is 73.6 Å². The molecule has 0 saturated carbocycles. The third-order valence-electron chi connectivity index (χ3n) is 2.82. The molecular formula is C15H24N2O3. The standard InChI is InChI=1S/C15H24N2O3/c1-3-4-10-20-14-8-7-12(19-2)11-13(14)17-15(18)6-5-9-16/h7-8,11H,3-6,9-10,16H2,1-2H3,(H,17,18). The fourth-order valence-electron chi connectivity index (χ4n) is 1.66. The number of carbonyl (C=O) groups excluding carboxylic acids is 1. The van der Waals surface area contributed by atoms with Crippen LogP contribution in [0.2, 0.25) is 0 Å². The summed E-state index contributed by atoms with van der Waals surface area (Å²) in [5.74, 6) is 1.28. The molecule has 0 aromatic heterocycles. The first-order valence-electron chi connectivity index (χ1n) is 7.02. The van der Waals surface area contributed by atoms with Crippen molar-refractivity contribution >= 4 is 11.6 Å². The van der Waals surface area contributed by atoms with Crippen LogP contribution in [-0.2, 0) is 4.79 Å². The Morgan fingerprint density at radius 2 is 2.15 bits per heavy atom. The second kappa shape index (κ2) is 9.20. The van der Waals surface area contributed by atoms with Crippen LogP contribution in [-0.4, -0.2) is 26.2 Å². The van der Waals surface area contributed by atoms with Gasteiger partial charge in [-0.05, 0) is 31.5 Å². The summed E-state index contributed by atoms with van der Waals surface area (Å²) >= 11 is 0. The van der Waals surface area contributed by atoms with Gasteiger partial charge in [0.05, 0.1) is 19.4 Å². The molecule has 1 amide bonds. The average molecular weight is 280 g/mol. The lowest BCUT2D eigenvalue weighted by Gasteiger charge is -2.13. The smallest absolute Gasteiger partial charge is 0.224 e. The zero-order valence-corrected chi connectivity index (χ0v) is 12.3. The Bertz CT molecular complexity index is 422. The van der Waals surface area contributed by atoms with Gasteiger partial charge in [0, 0.05) is 12.5 Å². The van der Waals surface area contributed by atoms with E-state index in [-0.39, 0.29) is 5.91 Å². The van der Waals surface area contributed by atoms with Crippen LogP contribution in [0.5, 0.6) is 11.5 Å². The quantitative estimate of drug-likeness (QED) is 0.682. The molecule has 1 aromatic rings. The number of anilines is 1. The van der Waals surface area contributed by atoms with E-state index in [2.05, 4.69) is 12.2 Å². The first-order valence-corrected chi connectivity index (χ1v) is 7.02. The third-order valence-corrected chi connectivity index (χ3v) is 2.82. The number of nitrogens with two attached hydrogens (primary N) is 1. The maximum atomic E-state index is 11.8. The average Bonchev–Trinajstić information content (AvgIpc) is 2.46. The van der Waals surface area contributed by atoms with Crippen LogP contribution in [0.3, 0.4) is 0 Å². The molecule has 5 nitrogen and oxygen atoms in total. The molecule has 1 rings (SSSR count). The van der Waals surface area contributed by atoms with Gasteiger partial charge in [0.1, 0.15) is 11.5 Å². The molecule has 0 fully saturated rings. The van der Waals surface area contributed by atoms with E-state index in [1.54, 1.807) is 13.2 Å². The van der Waals surface area contributed by atoms with Crippen molar-refractivity contribution in [2.45, 2.75) is 32.6 Å². The fourth-order valence-corrected chi connectivity index (χ4v) is 1.66. The molecule has 0 unspecified atom stereocenters. The number of hydrogen-bond acceptors (Lipinski definition) is 4. The lowest BCUT2D eigenvalue weighted by molar-refractivity contribution is -0.116. The molecule has 0 aliphatic carbocycles. The molecule has 0 aliphatic heterocycles. The zero-order chi connectivity index (χ0) is 14.8. The summed E-state index contributed by atoms with van der Waals surface area (Å²) in [6.45, 7) is 3.24. The van der Waals surface area contributed by atoms with Gasteiger partial charge in [0.2, 0.25) is 5.91 Å². The van der Waals surface area contributed by atoms with Gasteiger partial charge in [-0.3, -0.25) is 4.79 Å². The summed E-state index contributed by atoms with van der Waals surface area (Å²) in [5, 5.41) is 2.85. The highest BCUT2D eigenvalue weighted by molar-refractivity contribution is 5.92. The van der Waals surface area contributed by atoms with Crippen LogP contribution in [0.1, 0.15) is 32.6 Å². The Morgan fingerprint density at radius 3 is 2.80 bits per heavy atom. The van der Waals surface area contributed by atoms with Crippen molar-refractivity contribution in [2.24, 2.45) is 5.73 Å². The molecule has 1 aromatic carbocycles. The van der Waals surface area contributed by atoms with Gasteiger partial charge < -0.3 is 20.5 Å². The van der Waals surface area contributed by atoms with Gasteiger partial charge in [-0.15, -0.1) is 0 Å². The molecule has 20 heavy (non-hydrogen) atoms. The molecule has 0 saturated heterocycles. The number of rotatable bonds is 9. The van der Waals surface area contributed by atoms with E-state index in [4.69, 9.17) is 15.2 Å². The lowest BCUT2D eigenvalue weighted by Crippen LogP contribution is -2.14. The van der Waals surface area contributed by atoms with Gasteiger partial charge in [0.25, 0.3) is 0 Å². The van der Waals surface area contributed by atoms with Crippen molar-refractivity contribution in [1.29, 1.82) is 0 Å². The van der Waals surface area contributed by atoms with Crippen LogP contribution in [0.15, 0.2) is 18.2 Å². The van der Waals surface area contributed by atoms with Crippen LogP contribution in [0, 0.1) is 0 Å². The van der Waals surface area contributed by atoms with Gasteiger partial charge >= 0.3 is 0 Å². The normalized spacial score (nSPS) is 10.2. The number of unbranched alkanes of at least 4 members (excludes halogenated alkanes) is 1. The van der Waals surface area contributed by atoms with Gasteiger partial charge in [-0.2, -0.15) is 0 Å². The summed E-state index contributed by atoms with van der Waals surface area (Å²) in [6, 6.07) is 5.39. The Balaban J connectivity index is 2.74. The minimum absolute atomic E-state index is 0.0657. The minimum Gasteiger partial charge on any atom is -0.497 e. The van der Waals surface area contributed by atoms with Crippen LogP contribution >= 0.6 is 0 Å². The summed E-state index contributed by atoms with van der Waals surface area (Å²) in [5.41, 5.74) is 6.04. The Morgan fingerprint density at radius 1 is 1.35 bits per heavy atom. The summed E-state index contributed by atoms with van der Waals surface area (Å²) < 4.78 is 10.9. The molecule has 0 heterocycles. The van der Waals surface area contributed by atoms with E-state index in [1.165, 1.54) is 0 Å². The Kier molecular flexibility index (Phi) is 7.50. The molecule has 0 aliphatic rings. The molecular weight excluding hydrogens is 256 g/mol. The highest BCUT2D eigenvalue weighted by Crippen LogP contribution is 2.29. The highest BCUT2D eigenvalue weighted by Gasteiger charge is 2.09. The number of amides is 1. The second-order valence-electron chi connectivity index (χ2n) is 4.50. The second-order valence-corrected chi connectivity index (χ2v) is 4.50. The molecule has 0 atom stereocenters. The lowest BCUT2D eigenvalue weighted by atomic mass is 10.2. The van der Waals surface area contributed by atoms with Crippen molar-refractivity contribution in [2.75, 3.05) is 25.6 Å². The summed E-state index contributed by atoms with van der Waals surface area (Å²) in [4.78, 5) is 11.8. The van der Waals surface area contributed by atoms with Crippen molar-refractivity contribution in [3.8, 4) is 11.5 Å². The first kappa shape index (κ1) is 16.3. The number of ether oxygens (including phenoxy) is 2. The van der Waals surface area contributed by atoms with Crippen LogP contribution in [0.4, 0.5) is 5.69 Å². The molecule has 5 heteroatoms. The van der Waals surface area contributed by atoms with Crippen molar-refractivity contribution in [3.63, 3.8) is 0 Å². The highest BCUT2D eigenvalue weighted by atomic mass is 16.5. The first-order chi connectivity index (χ1) is 9.71.